The van der Waals surface area contributed by atoms with E-state index in [0.717, 1.165) is 5.56 Å². The van der Waals surface area contributed by atoms with Crippen molar-refractivity contribution < 1.29 is 14.3 Å². The summed E-state index contributed by atoms with van der Waals surface area (Å²) in [5.41, 5.74) is 5.19. The van der Waals surface area contributed by atoms with Gasteiger partial charge < -0.3 is 4.74 Å². The van der Waals surface area contributed by atoms with Crippen LogP contribution in [0.4, 0.5) is 0 Å². The zero-order chi connectivity index (χ0) is 20.8. The van der Waals surface area contributed by atoms with Crippen molar-refractivity contribution in [1.29, 1.82) is 0 Å². The summed E-state index contributed by atoms with van der Waals surface area (Å²) in [4.78, 5) is 36.9. The zero-order valence-electron chi connectivity index (χ0n) is 16.0. The third-order valence-electron chi connectivity index (χ3n) is 4.20. The molecule has 148 valence electrons. The third-order valence-corrected chi connectivity index (χ3v) is 4.20. The Hall–Kier alpha value is -3.94. The van der Waals surface area contributed by atoms with Crippen molar-refractivity contribution in [3.8, 4) is 5.75 Å². The summed E-state index contributed by atoms with van der Waals surface area (Å²) in [6, 6.07) is 13.9. The van der Waals surface area contributed by atoms with E-state index in [9.17, 15) is 14.4 Å². The fourth-order valence-corrected chi connectivity index (χ4v) is 2.75. The van der Waals surface area contributed by atoms with E-state index in [2.05, 4.69) is 16.0 Å². The number of hydrogen-bond acceptors (Lipinski definition) is 5. The normalized spacial score (nSPS) is 10.8. The lowest BCUT2D eigenvalue weighted by Crippen LogP contribution is -2.42. The van der Waals surface area contributed by atoms with Crippen molar-refractivity contribution in [3.63, 3.8) is 0 Å². The number of hydrazine groups is 1. The van der Waals surface area contributed by atoms with Crippen LogP contribution in [0.5, 0.6) is 5.75 Å². The molecule has 0 unspecified atom stereocenters. The van der Waals surface area contributed by atoms with Crippen molar-refractivity contribution in [2.75, 3.05) is 7.11 Å². The number of nitrogens with zero attached hydrogens (tertiary/aromatic N) is 2. The van der Waals surface area contributed by atoms with Gasteiger partial charge in [-0.25, -0.2) is 4.68 Å². The Labute approximate surface area is 166 Å². The Morgan fingerprint density at radius 3 is 2.59 bits per heavy atom. The van der Waals surface area contributed by atoms with E-state index in [1.54, 1.807) is 62.6 Å². The van der Waals surface area contributed by atoms with Crippen LogP contribution in [-0.4, -0.2) is 28.7 Å². The molecule has 0 aliphatic heterocycles. The molecule has 8 nitrogen and oxygen atoms in total. The van der Waals surface area contributed by atoms with Crippen LogP contribution in [0.3, 0.4) is 0 Å². The van der Waals surface area contributed by atoms with E-state index in [1.165, 1.54) is 10.8 Å². The summed E-state index contributed by atoms with van der Waals surface area (Å²) in [5, 5.41) is 4.92. The number of aromatic nitrogens is 2. The van der Waals surface area contributed by atoms with Gasteiger partial charge in [0.05, 0.1) is 12.5 Å². The van der Waals surface area contributed by atoms with Crippen molar-refractivity contribution in [3.05, 3.63) is 76.2 Å². The van der Waals surface area contributed by atoms with E-state index >= 15 is 0 Å². The Bertz CT molecular complexity index is 1150. The molecular weight excluding hydrogens is 372 g/mol. The molecular formula is C21H20N4O4. The maximum Gasteiger partial charge on any atom is 0.290 e. The van der Waals surface area contributed by atoms with Crippen LogP contribution in [0.15, 0.2) is 59.4 Å². The average molecular weight is 392 g/mol. The van der Waals surface area contributed by atoms with Gasteiger partial charge in [0.2, 0.25) is 0 Å². The largest absolute Gasteiger partial charge is 0.497 e. The molecule has 0 aliphatic rings. The molecule has 3 aromatic rings. The molecule has 0 saturated carbocycles. The fraction of sp³-hybridized carbons (Fsp3) is 0.143. The van der Waals surface area contributed by atoms with E-state index in [0.29, 0.717) is 23.1 Å². The number of carbonyl (C=O) groups is 2. The highest BCUT2D eigenvalue weighted by atomic mass is 16.5. The summed E-state index contributed by atoms with van der Waals surface area (Å²) in [7, 11) is 1.56. The maximum absolute atomic E-state index is 12.6. The number of rotatable bonds is 5. The number of amides is 2. The lowest BCUT2D eigenvalue weighted by atomic mass is 10.1. The number of nitrogens with one attached hydrogen (secondary N) is 2. The van der Waals surface area contributed by atoms with E-state index in [1.807, 2.05) is 6.07 Å². The standard InChI is InChI=1S/C21H20N4O4/c1-3-25-21(28)17-10-5-4-9-16(17)19(24-25)20(27)23-22-18(26)12-11-14-7-6-8-15(13-14)29-2/h4-13H,3H2,1-2H3,(H,22,26)(H,23,27)/b12-11+. The highest BCUT2D eigenvalue weighted by Crippen LogP contribution is 2.14. The molecule has 0 spiro atoms. The van der Waals surface area contributed by atoms with Gasteiger partial charge in [-0.1, -0.05) is 30.3 Å². The minimum Gasteiger partial charge on any atom is -0.497 e. The molecule has 0 radical (unpaired) electrons. The highest BCUT2D eigenvalue weighted by Gasteiger charge is 2.16. The highest BCUT2D eigenvalue weighted by molar-refractivity contribution is 6.05. The molecule has 0 aliphatic carbocycles. The van der Waals surface area contributed by atoms with Crippen LogP contribution in [0.1, 0.15) is 23.0 Å². The zero-order valence-corrected chi connectivity index (χ0v) is 16.0. The molecule has 0 atom stereocenters. The molecule has 1 heterocycles. The summed E-state index contributed by atoms with van der Waals surface area (Å²) in [6.45, 7) is 2.08. The lowest BCUT2D eigenvalue weighted by Gasteiger charge is -2.10. The second kappa shape index (κ2) is 8.83. The van der Waals surface area contributed by atoms with Crippen LogP contribution in [0.25, 0.3) is 16.8 Å². The molecule has 2 N–H and O–H groups in total. The molecule has 1 aromatic heterocycles. The summed E-state index contributed by atoms with van der Waals surface area (Å²) >= 11 is 0. The minimum absolute atomic E-state index is 0.0547. The van der Waals surface area contributed by atoms with Gasteiger partial charge in [-0.05, 0) is 36.8 Å². The smallest absolute Gasteiger partial charge is 0.290 e. The van der Waals surface area contributed by atoms with E-state index in [4.69, 9.17) is 4.74 Å². The fourth-order valence-electron chi connectivity index (χ4n) is 2.75. The first-order valence-corrected chi connectivity index (χ1v) is 8.95. The Balaban J connectivity index is 1.74. The molecule has 0 saturated heterocycles. The second-order valence-corrected chi connectivity index (χ2v) is 6.07. The van der Waals surface area contributed by atoms with Crippen LogP contribution in [0, 0.1) is 0 Å². The molecule has 3 rings (SSSR count). The Kier molecular flexibility index (Phi) is 6.03. The quantitative estimate of drug-likeness (QED) is 0.510. The maximum atomic E-state index is 12.6. The number of carbonyl (C=O) groups excluding carboxylic acids is 2. The minimum atomic E-state index is -0.619. The van der Waals surface area contributed by atoms with Gasteiger partial charge in [-0.15, -0.1) is 0 Å². The molecule has 8 heteroatoms. The van der Waals surface area contributed by atoms with Crippen molar-refractivity contribution in [2.24, 2.45) is 0 Å². The Morgan fingerprint density at radius 1 is 1.10 bits per heavy atom. The van der Waals surface area contributed by atoms with Gasteiger partial charge in [-0.2, -0.15) is 5.10 Å². The van der Waals surface area contributed by atoms with Crippen LogP contribution >= 0.6 is 0 Å². The first-order chi connectivity index (χ1) is 14.0. The second-order valence-electron chi connectivity index (χ2n) is 6.07. The number of fused-ring (bicyclic) bond motifs is 1. The SMILES string of the molecule is CCn1nc(C(=O)NNC(=O)/C=C/c2cccc(OC)c2)c2ccccc2c1=O. The number of benzene rings is 2. The number of methoxy groups -OCH3 is 1. The first-order valence-electron chi connectivity index (χ1n) is 8.95. The van der Waals surface area contributed by atoms with E-state index < -0.39 is 11.8 Å². The number of ether oxygens (including phenoxy) is 1. The predicted octanol–water partition coefficient (Wildman–Crippen LogP) is 1.90. The average Bonchev–Trinajstić information content (AvgIpc) is 2.76. The van der Waals surface area contributed by atoms with Crippen LogP contribution in [0.2, 0.25) is 0 Å². The van der Waals surface area contributed by atoms with Crippen molar-refractivity contribution >= 4 is 28.7 Å². The van der Waals surface area contributed by atoms with Gasteiger partial charge in [0, 0.05) is 18.0 Å². The summed E-state index contributed by atoms with van der Waals surface area (Å²) in [5.74, 6) is -0.467. The third kappa shape index (κ3) is 4.49. The van der Waals surface area contributed by atoms with E-state index in [-0.39, 0.29) is 11.3 Å². The molecule has 2 amide bonds. The van der Waals surface area contributed by atoms with Gasteiger partial charge in [-0.3, -0.25) is 25.2 Å². The summed E-state index contributed by atoms with van der Waals surface area (Å²) in [6.07, 6.45) is 2.88. The van der Waals surface area contributed by atoms with Crippen molar-refractivity contribution in [1.82, 2.24) is 20.6 Å². The topological polar surface area (TPSA) is 102 Å². The van der Waals surface area contributed by atoms with Crippen molar-refractivity contribution in [2.45, 2.75) is 13.5 Å². The predicted molar refractivity (Wildman–Crippen MR) is 109 cm³/mol. The molecule has 0 bridgehead atoms. The lowest BCUT2D eigenvalue weighted by molar-refractivity contribution is -0.117. The van der Waals surface area contributed by atoms with Gasteiger partial charge in [0.25, 0.3) is 17.4 Å². The van der Waals surface area contributed by atoms with Crippen LogP contribution in [-0.2, 0) is 11.3 Å². The molecule has 2 aromatic carbocycles. The number of aryl methyl sites for hydroxylation is 1. The van der Waals surface area contributed by atoms with Crippen LogP contribution < -0.4 is 21.1 Å². The molecule has 29 heavy (non-hydrogen) atoms. The first kappa shape index (κ1) is 19.8. The monoisotopic (exact) mass is 392 g/mol. The van der Waals surface area contributed by atoms with Gasteiger partial charge in [0.15, 0.2) is 5.69 Å². The number of hydrogen-bond donors (Lipinski definition) is 2. The van der Waals surface area contributed by atoms with Gasteiger partial charge in [0.1, 0.15) is 5.75 Å². The summed E-state index contributed by atoms with van der Waals surface area (Å²) < 4.78 is 6.34. The Morgan fingerprint density at radius 2 is 1.86 bits per heavy atom. The molecule has 0 fully saturated rings. The van der Waals surface area contributed by atoms with Gasteiger partial charge >= 0.3 is 0 Å².